The van der Waals surface area contributed by atoms with Crippen LogP contribution in [0.2, 0.25) is 0 Å². The Labute approximate surface area is 157 Å². The molecule has 2 saturated heterocycles. The molecule has 0 radical (unpaired) electrons. The lowest BCUT2D eigenvalue weighted by Crippen LogP contribution is -2.43. The summed E-state index contributed by atoms with van der Waals surface area (Å²) in [6, 6.07) is 16.0. The summed E-state index contributed by atoms with van der Waals surface area (Å²) in [6.45, 7) is 2.16. The topological polar surface area (TPSA) is 65.4 Å². The van der Waals surface area contributed by atoms with Gasteiger partial charge in [0.25, 0.3) is 5.91 Å². The van der Waals surface area contributed by atoms with E-state index in [1.54, 1.807) is 0 Å². The number of amides is 1. The molecule has 0 aromatic heterocycles. The predicted molar refractivity (Wildman–Crippen MR) is 97.5 cm³/mol. The zero-order valence-electron chi connectivity index (χ0n) is 14.8. The lowest BCUT2D eigenvalue weighted by Gasteiger charge is -2.35. The van der Waals surface area contributed by atoms with Crippen molar-refractivity contribution >= 4 is 5.91 Å². The molecule has 0 unspecified atom stereocenters. The van der Waals surface area contributed by atoms with E-state index in [0.717, 1.165) is 37.2 Å². The van der Waals surface area contributed by atoms with Crippen LogP contribution in [-0.2, 0) is 4.74 Å². The van der Waals surface area contributed by atoms with Crippen LogP contribution in [-0.4, -0.2) is 42.6 Å². The highest BCUT2D eigenvalue weighted by atomic mass is 19.1. The van der Waals surface area contributed by atoms with Crippen molar-refractivity contribution in [2.24, 2.45) is 0 Å². The molecule has 2 aromatic rings. The number of nitrogens with zero attached hydrogens (tertiary/aromatic N) is 2. The Morgan fingerprint density at radius 3 is 2.81 bits per heavy atom. The summed E-state index contributed by atoms with van der Waals surface area (Å²) in [7, 11) is 0. The first kappa shape index (κ1) is 17.7. The molecule has 3 atom stereocenters. The monoisotopic (exact) mass is 365 g/mol. The molecule has 0 spiro atoms. The maximum atomic E-state index is 13.6. The quantitative estimate of drug-likeness (QED) is 0.908. The van der Waals surface area contributed by atoms with Crippen LogP contribution in [0, 0.1) is 17.1 Å². The van der Waals surface area contributed by atoms with Gasteiger partial charge in [-0.25, -0.2) is 4.39 Å². The summed E-state index contributed by atoms with van der Waals surface area (Å²) in [4.78, 5) is 14.8. The van der Waals surface area contributed by atoms with Crippen LogP contribution in [0.15, 0.2) is 48.5 Å². The molecule has 2 aliphatic rings. The minimum atomic E-state index is -0.581. The minimum Gasteiger partial charge on any atom is -0.371 e. The van der Waals surface area contributed by atoms with E-state index in [1.807, 2.05) is 24.3 Å². The van der Waals surface area contributed by atoms with E-state index in [-0.39, 0.29) is 35.2 Å². The second-order valence-electron chi connectivity index (χ2n) is 7.09. The predicted octanol–water partition coefficient (Wildman–Crippen LogP) is 2.64. The van der Waals surface area contributed by atoms with E-state index in [4.69, 9.17) is 10.00 Å². The Morgan fingerprint density at radius 2 is 2.04 bits per heavy atom. The first-order valence-corrected chi connectivity index (χ1v) is 9.04. The SMILES string of the molecule is N#Cc1cc(F)cc(C(=O)N[C@H]2C[C@H]3CO[C@@H](c4ccccc4)CN3C2)c1. The van der Waals surface area contributed by atoms with Gasteiger partial charge in [0.05, 0.1) is 24.3 Å². The maximum Gasteiger partial charge on any atom is 0.251 e. The first-order chi connectivity index (χ1) is 13.1. The number of carbonyl (C=O) groups is 1. The number of fused-ring (bicyclic) bond motifs is 1. The van der Waals surface area contributed by atoms with Crippen LogP contribution < -0.4 is 5.32 Å². The molecule has 138 valence electrons. The molecule has 2 aromatic carbocycles. The molecule has 6 heteroatoms. The largest absolute Gasteiger partial charge is 0.371 e. The maximum absolute atomic E-state index is 13.6. The average molecular weight is 365 g/mol. The highest BCUT2D eigenvalue weighted by Gasteiger charge is 2.38. The number of nitriles is 1. The summed E-state index contributed by atoms with van der Waals surface area (Å²) >= 11 is 0. The smallest absolute Gasteiger partial charge is 0.251 e. The summed E-state index contributed by atoms with van der Waals surface area (Å²) in [5, 5.41) is 11.9. The van der Waals surface area contributed by atoms with E-state index in [9.17, 15) is 9.18 Å². The van der Waals surface area contributed by atoms with Gasteiger partial charge < -0.3 is 10.1 Å². The number of nitrogens with one attached hydrogen (secondary N) is 1. The molecular formula is C21H20FN3O2. The Kier molecular flexibility index (Phi) is 4.88. The molecule has 2 aliphatic heterocycles. The van der Waals surface area contributed by atoms with Crippen LogP contribution in [0.3, 0.4) is 0 Å². The van der Waals surface area contributed by atoms with Crippen molar-refractivity contribution in [2.75, 3.05) is 19.7 Å². The fourth-order valence-corrected chi connectivity index (χ4v) is 3.90. The molecule has 27 heavy (non-hydrogen) atoms. The summed E-state index contributed by atoms with van der Waals surface area (Å²) in [6.07, 6.45) is 0.839. The van der Waals surface area contributed by atoms with Gasteiger partial charge in [-0.15, -0.1) is 0 Å². The normalized spacial score (nSPS) is 24.8. The number of ether oxygens (including phenoxy) is 1. The van der Waals surface area contributed by atoms with Gasteiger partial charge in [0.15, 0.2) is 0 Å². The van der Waals surface area contributed by atoms with E-state index in [1.165, 1.54) is 6.07 Å². The Bertz CT molecular complexity index is 881. The second-order valence-corrected chi connectivity index (χ2v) is 7.09. The number of hydrogen-bond donors (Lipinski definition) is 1. The standard InChI is InChI=1S/C21H20FN3O2/c22-17-7-14(10-23)6-16(8-17)21(26)24-18-9-19-13-27-20(12-25(19)11-18)15-4-2-1-3-5-15/h1-8,18-20H,9,11-13H2,(H,24,26)/t18-,19-,20+/m0/s1. The van der Waals surface area contributed by atoms with E-state index >= 15 is 0 Å². The Morgan fingerprint density at radius 1 is 1.22 bits per heavy atom. The first-order valence-electron chi connectivity index (χ1n) is 9.04. The van der Waals surface area contributed by atoms with Crippen molar-refractivity contribution in [1.29, 1.82) is 5.26 Å². The molecule has 2 heterocycles. The molecule has 5 nitrogen and oxygen atoms in total. The second kappa shape index (κ2) is 7.47. The van der Waals surface area contributed by atoms with Crippen LogP contribution >= 0.6 is 0 Å². The molecular weight excluding hydrogens is 345 g/mol. The molecule has 1 N–H and O–H groups in total. The van der Waals surface area contributed by atoms with Crippen LogP contribution in [0.5, 0.6) is 0 Å². The van der Waals surface area contributed by atoms with Crippen molar-refractivity contribution in [3.05, 3.63) is 71.0 Å². The van der Waals surface area contributed by atoms with Crippen molar-refractivity contribution in [2.45, 2.75) is 24.6 Å². The van der Waals surface area contributed by atoms with Crippen LogP contribution in [0.1, 0.15) is 34.0 Å². The van der Waals surface area contributed by atoms with Gasteiger partial charge in [-0.05, 0) is 30.2 Å². The molecule has 2 fully saturated rings. The lowest BCUT2D eigenvalue weighted by molar-refractivity contribution is -0.0502. The van der Waals surface area contributed by atoms with Gasteiger partial charge in [0.2, 0.25) is 0 Å². The highest BCUT2D eigenvalue weighted by molar-refractivity contribution is 5.94. The van der Waals surface area contributed by atoms with Crippen molar-refractivity contribution in [1.82, 2.24) is 10.2 Å². The van der Waals surface area contributed by atoms with Gasteiger partial charge in [-0.1, -0.05) is 30.3 Å². The van der Waals surface area contributed by atoms with Gasteiger partial charge in [-0.2, -0.15) is 5.26 Å². The number of benzene rings is 2. The molecule has 1 amide bonds. The van der Waals surface area contributed by atoms with Crippen molar-refractivity contribution < 1.29 is 13.9 Å². The number of morpholine rings is 1. The van der Waals surface area contributed by atoms with Gasteiger partial charge in [0.1, 0.15) is 5.82 Å². The summed E-state index contributed by atoms with van der Waals surface area (Å²) in [5.74, 6) is -0.932. The van der Waals surface area contributed by atoms with E-state index in [2.05, 4.69) is 22.3 Å². The fraction of sp³-hybridized carbons (Fsp3) is 0.333. The number of hydrogen-bond acceptors (Lipinski definition) is 4. The minimum absolute atomic E-state index is 0.0190. The van der Waals surface area contributed by atoms with Crippen LogP contribution in [0.4, 0.5) is 4.39 Å². The van der Waals surface area contributed by atoms with E-state index < -0.39 is 5.82 Å². The summed E-state index contributed by atoms with van der Waals surface area (Å²) < 4.78 is 19.6. The number of halogens is 1. The summed E-state index contributed by atoms with van der Waals surface area (Å²) in [5.41, 5.74) is 1.48. The van der Waals surface area contributed by atoms with Crippen molar-refractivity contribution in [3.63, 3.8) is 0 Å². The zero-order chi connectivity index (χ0) is 18.8. The third-order valence-electron chi connectivity index (χ3n) is 5.21. The Balaban J connectivity index is 1.39. The molecule has 0 aliphatic carbocycles. The third kappa shape index (κ3) is 3.85. The van der Waals surface area contributed by atoms with Gasteiger partial charge in [-0.3, -0.25) is 9.69 Å². The Hall–Kier alpha value is -2.75. The molecule has 0 saturated carbocycles. The molecule has 4 rings (SSSR count). The van der Waals surface area contributed by atoms with Crippen LogP contribution in [0.25, 0.3) is 0 Å². The van der Waals surface area contributed by atoms with Gasteiger partial charge in [0, 0.05) is 30.7 Å². The fourth-order valence-electron chi connectivity index (χ4n) is 3.90. The van der Waals surface area contributed by atoms with Crippen molar-refractivity contribution in [3.8, 4) is 6.07 Å². The number of carbonyl (C=O) groups excluding carboxylic acids is 1. The third-order valence-corrected chi connectivity index (χ3v) is 5.21. The highest BCUT2D eigenvalue weighted by Crippen LogP contribution is 2.30. The lowest BCUT2D eigenvalue weighted by atomic mass is 10.1. The molecule has 0 bridgehead atoms. The zero-order valence-corrected chi connectivity index (χ0v) is 14.8. The average Bonchev–Trinajstić information content (AvgIpc) is 3.09. The number of rotatable bonds is 3. The van der Waals surface area contributed by atoms with Gasteiger partial charge >= 0.3 is 0 Å². The van der Waals surface area contributed by atoms with E-state index in [0.29, 0.717) is 6.61 Å².